The van der Waals surface area contributed by atoms with E-state index in [-0.39, 0.29) is 18.3 Å². The molecule has 0 aliphatic heterocycles. The van der Waals surface area contributed by atoms with Gasteiger partial charge in [0.2, 0.25) is 0 Å². The summed E-state index contributed by atoms with van der Waals surface area (Å²) in [6, 6.07) is 9.25. The van der Waals surface area contributed by atoms with Crippen LogP contribution >= 0.6 is 0 Å². The van der Waals surface area contributed by atoms with Crippen molar-refractivity contribution in [2.24, 2.45) is 10.9 Å². The Labute approximate surface area is 109 Å². The number of hydrogen-bond donors (Lipinski definition) is 2. The molecule has 0 aliphatic rings. The molecule has 1 aromatic heterocycles. The summed E-state index contributed by atoms with van der Waals surface area (Å²) in [5, 5.41) is 11.6. The van der Waals surface area contributed by atoms with Crippen LogP contribution in [0.4, 0.5) is 4.39 Å². The Kier molecular flexibility index (Phi) is 3.92. The summed E-state index contributed by atoms with van der Waals surface area (Å²) >= 11 is 0. The van der Waals surface area contributed by atoms with Crippen LogP contribution in [0.2, 0.25) is 0 Å². The number of nitrogens with zero attached hydrogens (tertiary/aromatic N) is 2. The molecular weight excluding hydrogens is 249 g/mol. The van der Waals surface area contributed by atoms with E-state index in [0.717, 1.165) is 0 Å². The van der Waals surface area contributed by atoms with Gasteiger partial charge in [-0.15, -0.1) is 0 Å². The third kappa shape index (κ3) is 3.19. The Bertz CT molecular complexity index is 602. The lowest BCUT2D eigenvalue weighted by molar-refractivity contribution is 0.303. The Hall–Kier alpha value is -2.63. The highest BCUT2D eigenvalue weighted by atomic mass is 19.1. The monoisotopic (exact) mass is 261 g/mol. The van der Waals surface area contributed by atoms with Crippen LogP contribution in [0.5, 0.6) is 5.75 Å². The predicted molar refractivity (Wildman–Crippen MR) is 67.5 cm³/mol. The van der Waals surface area contributed by atoms with E-state index in [2.05, 4.69) is 10.1 Å². The summed E-state index contributed by atoms with van der Waals surface area (Å²) < 4.78 is 18.4. The fourth-order valence-corrected chi connectivity index (χ4v) is 1.55. The Balaban J connectivity index is 2.16. The van der Waals surface area contributed by atoms with E-state index in [4.69, 9.17) is 15.7 Å². The van der Waals surface area contributed by atoms with Crippen molar-refractivity contribution >= 4 is 5.84 Å². The van der Waals surface area contributed by atoms with Gasteiger partial charge in [-0.3, -0.25) is 4.98 Å². The highest BCUT2D eigenvalue weighted by Gasteiger charge is 2.08. The van der Waals surface area contributed by atoms with Crippen LogP contribution in [-0.2, 0) is 6.61 Å². The van der Waals surface area contributed by atoms with E-state index in [0.29, 0.717) is 17.0 Å². The summed E-state index contributed by atoms with van der Waals surface area (Å²) in [6.07, 6.45) is 1.53. The summed E-state index contributed by atoms with van der Waals surface area (Å²) in [7, 11) is 0. The largest absolute Gasteiger partial charge is 0.489 e. The molecule has 0 bridgehead atoms. The second-order valence-electron chi connectivity index (χ2n) is 3.74. The molecule has 98 valence electrons. The molecule has 1 heterocycles. The van der Waals surface area contributed by atoms with Crippen LogP contribution in [0.15, 0.2) is 47.8 Å². The van der Waals surface area contributed by atoms with Crippen LogP contribution in [0, 0.1) is 5.82 Å². The van der Waals surface area contributed by atoms with E-state index in [9.17, 15) is 4.39 Å². The van der Waals surface area contributed by atoms with Gasteiger partial charge in [-0.05, 0) is 18.2 Å². The average molecular weight is 261 g/mol. The molecule has 0 unspecified atom stereocenters. The molecule has 0 saturated heterocycles. The molecule has 2 aromatic rings. The second kappa shape index (κ2) is 5.81. The van der Waals surface area contributed by atoms with Crippen LogP contribution in [0.1, 0.15) is 11.3 Å². The number of ether oxygens (including phenoxy) is 1. The smallest absolute Gasteiger partial charge is 0.189 e. The summed E-state index contributed by atoms with van der Waals surface area (Å²) in [4.78, 5) is 4.01. The number of amidine groups is 1. The molecule has 0 atom stereocenters. The van der Waals surface area contributed by atoms with Crippen molar-refractivity contribution in [3.8, 4) is 5.75 Å². The molecule has 0 fully saturated rings. The minimum atomic E-state index is -0.375. The van der Waals surface area contributed by atoms with Gasteiger partial charge in [0.05, 0.1) is 0 Å². The molecule has 0 radical (unpaired) electrons. The Morgan fingerprint density at radius 3 is 2.95 bits per heavy atom. The predicted octanol–water partition coefficient (Wildman–Crippen LogP) is 1.89. The number of halogens is 1. The fourth-order valence-electron chi connectivity index (χ4n) is 1.55. The van der Waals surface area contributed by atoms with Crippen molar-refractivity contribution in [3.63, 3.8) is 0 Å². The zero-order chi connectivity index (χ0) is 13.7. The molecule has 1 aromatic carbocycles. The third-order valence-corrected chi connectivity index (χ3v) is 2.43. The van der Waals surface area contributed by atoms with Gasteiger partial charge in [0.25, 0.3) is 0 Å². The first-order valence-corrected chi connectivity index (χ1v) is 5.51. The van der Waals surface area contributed by atoms with Crippen LogP contribution < -0.4 is 10.5 Å². The van der Waals surface area contributed by atoms with Crippen molar-refractivity contribution in [1.29, 1.82) is 0 Å². The molecule has 3 N–H and O–H groups in total. The average Bonchev–Trinajstić information content (AvgIpc) is 2.45. The molecular formula is C13H12FN3O2. The van der Waals surface area contributed by atoms with Crippen LogP contribution in [0.3, 0.4) is 0 Å². The van der Waals surface area contributed by atoms with Crippen molar-refractivity contribution in [2.75, 3.05) is 0 Å². The molecule has 0 spiro atoms. The summed E-state index contributed by atoms with van der Waals surface area (Å²) in [5.74, 6) is -0.0758. The number of pyridine rings is 1. The lowest BCUT2D eigenvalue weighted by atomic mass is 10.2. The first kappa shape index (κ1) is 12.8. The highest BCUT2D eigenvalue weighted by molar-refractivity contribution is 5.96. The number of hydrogen-bond acceptors (Lipinski definition) is 4. The van der Waals surface area contributed by atoms with Crippen LogP contribution in [-0.4, -0.2) is 16.0 Å². The van der Waals surface area contributed by atoms with E-state index in [1.807, 2.05) is 0 Å². The zero-order valence-electron chi connectivity index (χ0n) is 9.95. The second-order valence-corrected chi connectivity index (χ2v) is 3.74. The normalized spacial score (nSPS) is 11.3. The first-order valence-electron chi connectivity index (χ1n) is 5.51. The molecule has 19 heavy (non-hydrogen) atoms. The molecule has 5 nitrogen and oxygen atoms in total. The van der Waals surface area contributed by atoms with Crippen LogP contribution in [0.25, 0.3) is 0 Å². The van der Waals surface area contributed by atoms with Crippen molar-refractivity contribution in [3.05, 3.63) is 59.7 Å². The third-order valence-electron chi connectivity index (χ3n) is 2.43. The van der Waals surface area contributed by atoms with Crippen molar-refractivity contribution < 1.29 is 14.3 Å². The number of oxime groups is 1. The summed E-state index contributed by atoms with van der Waals surface area (Å²) in [5.41, 5.74) is 6.49. The van der Waals surface area contributed by atoms with E-state index >= 15 is 0 Å². The topological polar surface area (TPSA) is 80.7 Å². The Morgan fingerprint density at radius 2 is 2.21 bits per heavy atom. The quantitative estimate of drug-likeness (QED) is 0.381. The van der Waals surface area contributed by atoms with Gasteiger partial charge in [-0.1, -0.05) is 17.3 Å². The molecule has 0 amide bonds. The minimum Gasteiger partial charge on any atom is -0.489 e. The standard InChI is InChI=1S/C13H12FN3O2/c14-10-4-1-5-11(7-10)19-8-9-3-2-6-16-12(9)13(15)17-18/h1-7,18H,8H2,(H2,15,17). The van der Waals surface area contributed by atoms with Gasteiger partial charge in [0.1, 0.15) is 23.9 Å². The maximum absolute atomic E-state index is 13.0. The SMILES string of the molecule is NC(=NO)c1ncccc1COc1cccc(F)c1. The summed E-state index contributed by atoms with van der Waals surface area (Å²) in [6.45, 7) is 0.142. The van der Waals surface area contributed by atoms with Gasteiger partial charge in [0.15, 0.2) is 5.84 Å². The molecule has 0 saturated carbocycles. The van der Waals surface area contributed by atoms with Gasteiger partial charge < -0.3 is 15.7 Å². The molecule has 0 aliphatic carbocycles. The van der Waals surface area contributed by atoms with E-state index in [1.165, 1.54) is 18.3 Å². The number of benzene rings is 1. The maximum atomic E-state index is 13.0. The molecule has 2 rings (SSSR count). The maximum Gasteiger partial charge on any atom is 0.189 e. The van der Waals surface area contributed by atoms with Gasteiger partial charge in [-0.25, -0.2) is 4.39 Å². The Morgan fingerprint density at radius 1 is 1.37 bits per heavy atom. The fraction of sp³-hybridized carbons (Fsp3) is 0.0769. The number of rotatable bonds is 4. The number of nitrogens with two attached hydrogens (primary N) is 1. The van der Waals surface area contributed by atoms with Crippen molar-refractivity contribution in [1.82, 2.24) is 4.98 Å². The van der Waals surface area contributed by atoms with E-state index < -0.39 is 0 Å². The highest BCUT2D eigenvalue weighted by Crippen LogP contribution is 2.15. The van der Waals surface area contributed by atoms with Gasteiger partial charge >= 0.3 is 0 Å². The van der Waals surface area contributed by atoms with E-state index in [1.54, 1.807) is 24.3 Å². The lowest BCUT2D eigenvalue weighted by Gasteiger charge is -2.09. The van der Waals surface area contributed by atoms with Crippen molar-refractivity contribution in [2.45, 2.75) is 6.61 Å². The zero-order valence-corrected chi connectivity index (χ0v) is 9.95. The number of aromatic nitrogens is 1. The van der Waals surface area contributed by atoms with Gasteiger partial charge in [0, 0.05) is 17.8 Å². The minimum absolute atomic E-state index is 0.0987. The lowest BCUT2D eigenvalue weighted by Crippen LogP contribution is -2.18. The van der Waals surface area contributed by atoms with Gasteiger partial charge in [-0.2, -0.15) is 0 Å². The first-order chi connectivity index (χ1) is 9.20. The molecule has 6 heteroatoms.